The molecule has 1 saturated heterocycles. The van der Waals surface area contributed by atoms with E-state index in [9.17, 15) is 9.59 Å². The van der Waals surface area contributed by atoms with E-state index in [1.54, 1.807) is 6.92 Å². The predicted molar refractivity (Wildman–Crippen MR) is 50.8 cm³/mol. The van der Waals surface area contributed by atoms with Crippen LogP contribution in [0.4, 0.5) is 0 Å². The molecule has 0 aromatic carbocycles. The summed E-state index contributed by atoms with van der Waals surface area (Å²) in [7, 11) is 0. The Labute approximate surface area is 82.9 Å². The van der Waals surface area contributed by atoms with Crippen LogP contribution >= 0.6 is 0 Å². The van der Waals surface area contributed by atoms with Crippen molar-refractivity contribution in [3.05, 3.63) is 0 Å². The van der Waals surface area contributed by atoms with E-state index in [0.717, 1.165) is 13.0 Å². The maximum atomic E-state index is 11.5. The molecule has 0 saturated carbocycles. The fraction of sp³-hybridized carbons (Fsp3) is 0.778. The molecule has 1 aliphatic rings. The van der Waals surface area contributed by atoms with E-state index in [1.807, 2.05) is 0 Å². The Hall–Kier alpha value is -1.10. The topological polar surface area (TPSA) is 78.4 Å². The van der Waals surface area contributed by atoms with Crippen molar-refractivity contribution in [2.75, 3.05) is 13.1 Å². The molecule has 1 aliphatic heterocycles. The summed E-state index contributed by atoms with van der Waals surface area (Å²) in [5, 5.41) is 14.3. The van der Waals surface area contributed by atoms with Crippen LogP contribution < -0.4 is 10.6 Å². The van der Waals surface area contributed by atoms with Gasteiger partial charge in [0.1, 0.15) is 0 Å². The van der Waals surface area contributed by atoms with Crippen molar-refractivity contribution in [2.45, 2.75) is 25.8 Å². The summed E-state index contributed by atoms with van der Waals surface area (Å²) < 4.78 is 0. The molecule has 1 amide bonds. The molecule has 0 aromatic heterocycles. The predicted octanol–water partition coefficient (Wildman–Crippen LogP) is -0.425. The van der Waals surface area contributed by atoms with Gasteiger partial charge in [-0.25, -0.2) is 0 Å². The van der Waals surface area contributed by atoms with Gasteiger partial charge in [0.15, 0.2) is 0 Å². The van der Waals surface area contributed by atoms with Gasteiger partial charge in [-0.1, -0.05) is 0 Å². The van der Waals surface area contributed by atoms with Crippen molar-refractivity contribution in [1.29, 1.82) is 0 Å². The summed E-state index contributed by atoms with van der Waals surface area (Å²) in [5.41, 5.74) is 0. The largest absolute Gasteiger partial charge is 0.481 e. The average Bonchev–Trinajstić information content (AvgIpc) is 2.53. The SMILES string of the molecule is CC(CC(=O)O)NC(=O)C1CCNC1. The number of nitrogens with one attached hydrogen (secondary N) is 2. The van der Waals surface area contributed by atoms with E-state index >= 15 is 0 Å². The number of hydrogen-bond donors (Lipinski definition) is 3. The molecular formula is C9H16N2O3. The summed E-state index contributed by atoms with van der Waals surface area (Å²) in [6, 6.07) is -0.291. The zero-order valence-electron chi connectivity index (χ0n) is 8.25. The number of carboxylic acid groups (broad SMARTS) is 1. The molecule has 5 heteroatoms. The molecule has 80 valence electrons. The molecule has 2 atom stereocenters. The first-order chi connectivity index (χ1) is 6.59. The average molecular weight is 200 g/mol. The number of amides is 1. The third-order valence-electron chi connectivity index (χ3n) is 2.30. The van der Waals surface area contributed by atoms with E-state index < -0.39 is 5.97 Å². The van der Waals surface area contributed by atoms with Crippen molar-refractivity contribution < 1.29 is 14.7 Å². The lowest BCUT2D eigenvalue weighted by molar-refractivity contribution is -0.137. The van der Waals surface area contributed by atoms with Gasteiger partial charge < -0.3 is 15.7 Å². The second-order valence-corrected chi connectivity index (χ2v) is 3.70. The molecule has 0 aromatic rings. The number of carboxylic acids is 1. The van der Waals surface area contributed by atoms with Crippen LogP contribution in [-0.4, -0.2) is 36.1 Å². The molecule has 0 spiro atoms. The second-order valence-electron chi connectivity index (χ2n) is 3.70. The molecule has 1 rings (SSSR count). The minimum absolute atomic E-state index is 0.00578. The van der Waals surface area contributed by atoms with Gasteiger partial charge in [-0.2, -0.15) is 0 Å². The zero-order valence-corrected chi connectivity index (χ0v) is 8.25. The van der Waals surface area contributed by atoms with Crippen LogP contribution in [0.3, 0.4) is 0 Å². The molecule has 1 fully saturated rings. The van der Waals surface area contributed by atoms with E-state index in [1.165, 1.54) is 0 Å². The van der Waals surface area contributed by atoms with E-state index in [2.05, 4.69) is 10.6 Å². The van der Waals surface area contributed by atoms with Crippen molar-refractivity contribution >= 4 is 11.9 Å². The second kappa shape index (κ2) is 4.95. The number of carbonyl (C=O) groups is 2. The van der Waals surface area contributed by atoms with Crippen LogP contribution in [-0.2, 0) is 9.59 Å². The standard InChI is InChI=1S/C9H16N2O3/c1-6(4-8(12)13)11-9(14)7-2-3-10-5-7/h6-7,10H,2-5H2,1H3,(H,11,14)(H,12,13). The Morgan fingerprint density at radius 2 is 2.36 bits per heavy atom. The molecule has 5 nitrogen and oxygen atoms in total. The first-order valence-electron chi connectivity index (χ1n) is 4.82. The van der Waals surface area contributed by atoms with Crippen molar-refractivity contribution in [2.24, 2.45) is 5.92 Å². The third kappa shape index (κ3) is 3.33. The monoisotopic (exact) mass is 200 g/mol. The fourth-order valence-corrected chi connectivity index (χ4v) is 1.55. The number of carbonyl (C=O) groups excluding carboxylic acids is 1. The highest BCUT2D eigenvalue weighted by atomic mass is 16.4. The number of rotatable bonds is 4. The highest BCUT2D eigenvalue weighted by Crippen LogP contribution is 2.07. The van der Waals surface area contributed by atoms with Crippen molar-refractivity contribution in [3.63, 3.8) is 0 Å². The van der Waals surface area contributed by atoms with Crippen LogP contribution in [0.15, 0.2) is 0 Å². The molecule has 0 aliphatic carbocycles. The minimum atomic E-state index is -0.887. The fourth-order valence-electron chi connectivity index (χ4n) is 1.55. The smallest absolute Gasteiger partial charge is 0.305 e. The summed E-state index contributed by atoms with van der Waals surface area (Å²) in [6.45, 7) is 3.27. The molecule has 2 unspecified atom stereocenters. The van der Waals surface area contributed by atoms with Crippen LogP contribution in [0, 0.1) is 5.92 Å². The third-order valence-corrected chi connectivity index (χ3v) is 2.30. The summed E-state index contributed by atoms with van der Waals surface area (Å²) in [5.74, 6) is -0.919. The highest BCUT2D eigenvalue weighted by molar-refractivity contribution is 5.80. The minimum Gasteiger partial charge on any atom is -0.481 e. The zero-order chi connectivity index (χ0) is 10.6. The van der Waals surface area contributed by atoms with Gasteiger partial charge in [0.25, 0.3) is 0 Å². The van der Waals surface area contributed by atoms with Crippen LogP contribution in [0.1, 0.15) is 19.8 Å². The Bertz CT molecular complexity index is 224. The summed E-state index contributed by atoms with van der Waals surface area (Å²) in [6.07, 6.45) is 0.817. The first kappa shape index (κ1) is 11.0. The Morgan fingerprint density at radius 3 is 2.86 bits per heavy atom. The normalized spacial score (nSPS) is 23.1. The van der Waals surface area contributed by atoms with Gasteiger partial charge in [-0.05, 0) is 19.9 Å². The Morgan fingerprint density at radius 1 is 1.64 bits per heavy atom. The first-order valence-corrected chi connectivity index (χ1v) is 4.82. The summed E-state index contributed by atoms with van der Waals surface area (Å²) in [4.78, 5) is 21.8. The van der Waals surface area contributed by atoms with Gasteiger partial charge in [0.05, 0.1) is 12.3 Å². The lowest BCUT2D eigenvalue weighted by atomic mass is 10.1. The van der Waals surface area contributed by atoms with Gasteiger partial charge in [-0.15, -0.1) is 0 Å². The van der Waals surface area contributed by atoms with Crippen molar-refractivity contribution in [1.82, 2.24) is 10.6 Å². The Kier molecular flexibility index (Phi) is 3.88. The quantitative estimate of drug-likeness (QED) is 0.575. The molecular weight excluding hydrogens is 184 g/mol. The van der Waals surface area contributed by atoms with Gasteiger partial charge >= 0.3 is 5.97 Å². The van der Waals surface area contributed by atoms with Crippen molar-refractivity contribution in [3.8, 4) is 0 Å². The van der Waals surface area contributed by atoms with E-state index in [-0.39, 0.29) is 24.3 Å². The maximum absolute atomic E-state index is 11.5. The maximum Gasteiger partial charge on any atom is 0.305 e. The van der Waals surface area contributed by atoms with Gasteiger partial charge in [0.2, 0.25) is 5.91 Å². The highest BCUT2D eigenvalue weighted by Gasteiger charge is 2.23. The van der Waals surface area contributed by atoms with Crippen LogP contribution in [0.5, 0.6) is 0 Å². The molecule has 1 heterocycles. The summed E-state index contributed by atoms with van der Waals surface area (Å²) >= 11 is 0. The van der Waals surface area contributed by atoms with Crippen LogP contribution in [0.2, 0.25) is 0 Å². The van der Waals surface area contributed by atoms with Gasteiger partial charge in [0, 0.05) is 12.6 Å². The Balaban J connectivity index is 2.28. The molecule has 3 N–H and O–H groups in total. The lowest BCUT2D eigenvalue weighted by Gasteiger charge is -2.14. The lowest BCUT2D eigenvalue weighted by Crippen LogP contribution is -2.39. The van der Waals surface area contributed by atoms with E-state index in [0.29, 0.717) is 6.54 Å². The molecule has 0 radical (unpaired) electrons. The van der Waals surface area contributed by atoms with Crippen LogP contribution in [0.25, 0.3) is 0 Å². The molecule has 14 heavy (non-hydrogen) atoms. The molecule has 0 bridgehead atoms. The number of aliphatic carboxylic acids is 1. The van der Waals surface area contributed by atoms with E-state index in [4.69, 9.17) is 5.11 Å². The van der Waals surface area contributed by atoms with Gasteiger partial charge in [-0.3, -0.25) is 9.59 Å². The number of hydrogen-bond acceptors (Lipinski definition) is 3.